The van der Waals surface area contributed by atoms with Crippen molar-refractivity contribution >= 4 is 44.3 Å². The van der Waals surface area contributed by atoms with Gasteiger partial charge in [-0.25, -0.2) is 0 Å². The van der Waals surface area contributed by atoms with Crippen LogP contribution in [-0.2, 0) is 0 Å². The number of ketones is 1. The number of fused-ring (bicyclic) bond motifs is 1. The maximum atomic E-state index is 12.5. The van der Waals surface area contributed by atoms with E-state index >= 15 is 0 Å². The Morgan fingerprint density at radius 2 is 2.00 bits per heavy atom. The minimum absolute atomic E-state index is 0.151. The summed E-state index contributed by atoms with van der Waals surface area (Å²) in [6.45, 7) is 1.94. The number of hydrogen-bond acceptors (Lipinski definition) is 2. The Bertz CT molecular complexity index is 800. The van der Waals surface area contributed by atoms with Gasteiger partial charge in [0, 0.05) is 15.4 Å². The molecule has 3 aromatic rings. The van der Waals surface area contributed by atoms with Gasteiger partial charge in [0.1, 0.15) is 0 Å². The zero-order chi connectivity index (χ0) is 14.3. The van der Waals surface area contributed by atoms with Gasteiger partial charge >= 0.3 is 0 Å². The van der Waals surface area contributed by atoms with Crippen LogP contribution in [-0.4, -0.2) is 5.78 Å². The fourth-order valence-electron chi connectivity index (χ4n) is 2.15. The molecule has 0 aliphatic rings. The molecule has 0 saturated heterocycles. The van der Waals surface area contributed by atoms with Crippen LogP contribution in [0.3, 0.4) is 0 Å². The third-order valence-corrected chi connectivity index (χ3v) is 3.78. The smallest absolute Gasteiger partial charge is 0.228 e. The second-order valence-corrected chi connectivity index (χ2v) is 5.94. The molecule has 0 spiro atoms. The number of para-hydroxylation sites is 1. The molecule has 0 fully saturated rings. The zero-order valence-corrected chi connectivity index (χ0v) is 13.0. The number of halogens is 2. The van der Waals surface area contributed by atoms with Gasteiger partial charge in [0.05, 0.1) is 5.02 Å². The lowest BCUT2D eigenvalue weighted by atomic mass is 10.1. The lowest BCUT2D eigenvalue weighted by Crippen LogP contribution is -1.99. The zero-order valence-electron chi connectivity index (χ0n) is 10.6. The fourth-order valence-corrected chi connectivity index (χ4v) is 2.98. The first-order valence-corrected chi connectivity index (χ1v) is 7.21. The monoisotopic (exact) mass is 348 g/mol. The van der Waals surface area contributed by atoms with Gasteiger partial charge in [0.2, 0.25) is 5.78 Å². The van der Waals surface area contributed by atoms with E-state index in [9.17, 15) is 4.79 Å². The summed E-state index contributed by atoms with van der Waals surface area (Å²) >= 11 is 9.46. The largest absolute Gasteiger partial charge is 0.451 e. The number of furan rings is 1. The molecule has 4 heteroatoms. The van der Waals surface area contributed by atoms with E-state index in [-0.39, 0.29) is 5.78 Å². The number of carbonyl (C=O) groups is 1. The maximum Gasteiger partial charge on any atom is 0.228 e. The molecular weight excluding hydrogens is 340 g/mol. The highest BCUT2D eigenvalue weighted by Gasteiger charge is 2.16. The highest BCUT2D eigenvalue weighted by atomic mass is 79.9. The van der Waals surface area contributed by atoms with E-state index in [1.54, 1.807) is 18.2 Å². The van der Waals surface area contributed by atoms with Crippen LogP contribution in [0.15, 0.2) is 51.4 Å². The summed E-state index contributed by atoms with van der Waals surface area (Å²) in [7, 11) is 0. The van der Waals surface area contributed by atoms with Crippen LogP contribution in [0, 0.1) is 6.92 Å². The van der Waals surface area contributed by atoms with E-state index in [0.29, 0.717) is 21.9 Å². The molecule has 2 nitrogen and oxygen atoms in total. The van der Waals surface area contributed by atoms with Crippen LogP contribution in [0.5, 0.6) is 0 Å². The van der Waals surface area contributed by atoms with Crippen molar-refractivity contribution in [3.05, 3.63) is 68.8 Å². The van der Waals surface area contributed by atoms with E-state index in [1.165, 1.54) is 0 Å². The van der Waals surface area contributed by atoms with E-state index in [1.807, 2.05) is 31.2 Å². The molecule has 0 aliphatic carbocycles. The van der Waals surface area contributed by atoms with Crippen LogP contribution in [0.2, 0.25) is 5.02 Å². The molecule has 0 N–H and O–H groups in total. The molecule has 3 rings (SSSR count). The van der Waals surface area contributed by atoms with Gasteiger partial charge in [-0.2, -0.15) is 0 Å². The molecule has 100 valence electrons. The van der Waals surface area contributed by atoms with Crippen molar-refractivity contribution in [3.8, 4) is 0 Å². The van der Waals surface area contributed by atoms with E-state index < -0.39 is 0 Å². The maximum absolute atomic E-state index is 12.5. The van der Waals surface area contributed by atoms with Crippen LogP contribution < -0.4 is 0 Å². The molecule has 0 amide bonds. The van der Waals surface area contributed by atoms with Crippen molar-refractivity contribution in [2.75, 3.05) is 0 Å². The SMILES string of the molecule is Cc1cc(Br)cc(C(=O)c2cc3cccc(Cl)c3o2)c1. The molecule has 2 aromatic carbocycles. The molecular formula is C16H10BrClO2. The minimum atomic E-state index is -0.151. The number of benzene rings is 2. The third kappa shape index (κ3) is 2.39. The van der Waals surface area contributed by atoms with Crippen LogP contribution >= 0.6 is 27.5 Å². The van der Waals surface area contributed by atoms with Crippen LogP contribution in [0.25, 0.3) is 11.0 Å². The Morgan fingerprint density at radius 1 is 1.20 bits per heavy atom. The van der Waals surface area contributed by atoms with Gasteiger partial charge in [-0.1, -0.05) is 39.7 Å². The lowest BCUT2D eigenvalue weighted by molar-refractivity contribution is 0.101. The molecule has 1 heterocycles. The average Bonchev–Trinajstić information content (AvgIpc) is 2.82. The van der Waals surface area contributed by atoms with E-state index in [4.69, 9.17) is 16.0 Å². The van der Waals surface area contributed by atoms with E-state index in [2.05, 4.69) is 15.9 Å². The first kappa shape index (κ1) is 13.4. The summed E-state index contributed by atoms with van der Waals surface area (Å²) in [5, 5.41) is 1.33. The minimum Gasteiger partial charge on any atom is -0.451 e. The standard InChI is InChI=1S/C16H10BrClO2/c1-9-5-11(7-12(17)6-9)15(19)14-8-10-3-2-4-13(18)16(10)20-14/h2-8H,1H3. The molecule has 0 aliphatic heterocycles. The van der Waals surface area contributed by atoms with Crippen molar-refractivity contribution < 1.29 is 9.21 Å². The molecule has 1 aromatic heterocycles. The molecule has 0 atom stereocenters. The number of carbonyl (C=O) groups excluding carboxylic acids is 1. The highest BCUT2D eigenvalue weighted by molar-refractivity contribution is 9.10. The van der Waals surface area contributed by atoms with Crippen molar-refractivity contribution in [2.45, 2.75) is 6.92 Å². The number of rotatable bonds is 2. The topological polar surface area (TPSA) is 30.2 Å². The van der Waals surface area contributed by atoms with E-state index in [0.717, 1.165) is 15.4 Å². The molecule has 0 unspecified atom stereocenters. The Labute approximate surface area is 129 Å². The van der Waals surface area contributed by atoms with Gasteiger partial charge < -0.3 is 4.42 Å². The Balaban J connectivity index is 2.10. The van der Waals surface area contributed by atoms with Crippen molar-refractivity contribution in [1.82, 2.24) is 0 Å². The summed E-state index contributed by atoms with van der Waals surface area (Å²) in [6, 6.07) is 12.7. The number of hydrogen-bond donors (Lipinski definition) is 0. The van der Waals surface area contributed by atoms with Crippen molar-refractivity contribution in [1.29, 1.82) is 0 Å². The molecule has 0 saturated carbocycles. The van der Waals surface area contributed by atoms with Gasteiger partial charge in [-0.15, -0.1) is 0 Å². The van der Waals surface area contributed by atoms with Crippen LogP contribution in [0.1, 0.15) is 21.7 Å². The fraction of sp³-hybridized carbons (Fsp3) is 0.0625. The summed E-state index contributed by atoms with van der Waals surface area (Å²) in [5.74, 6) is 0.146. The molecule has 0 radical (unpaired) electrons. The van der Waals surface area contributed by atoms with Gasteiger partial charge in [0.15, 0.2) is 11.3 Å². The molecule has 20 heavy (non-hydrogen) atoms. The third-order valence-electron chi connectivity index (χ3n) is 3.02. The second kappa shape index (κ2) is 5.08. The first-order valence-electron chi connectivity index (χ1n) is 6.04. The Hall–Kier alpha value is -1.58. The Kier molecular flexibility index (Phi) is 3.40. The summed E-state index contributed by atoms with van der Waals surface area (Å²) in [5.41, 5.74) is 2.15. The van der Waals surface area contributed by atoms with Crippen molar-refractivity contribution in [3.63, 3.8) is 0 Å². The van der Waals surface area contributed by atoms with Gasteiger partial charge in [0.25, 0.3) is 0 Å². The highest BCUT2D eigenvalue weighted by Crippen LogP contribution is 2.28. The molecule has 0 bridgehead atoms. The normalized spacial score (nSPS) is 10.9. The second-order valence-electron chi connectivity index (χ2n) is 4.62. The predicted molar refractivity (Wildman–Crippen MR) is 83.5 cm³/mol. The Morgan fingerprint density at radius 3 is 2.70 bits per heavy atom. The number of aryl methyl sites for hydroxylation is 1. The quantitative estimate of drug-likeness (QED) is 0.581. The summed E-state index contributed by atoms with van der Waals surface area (Å²) < 4.78 is 6.47. The summed E-state index contributed by atoms with van der Waals surface area (Å²) in [6.07, 6.45) is 0. The van der Waals surface area contributed by atoms with Gasteiger partial charge in [-0.3, -0.25) is 4.79 Å². The lowest BCUT2D eigenvalue weighted by Gasteiger charge is -2.01. The van der Waals surface area contributed by atoms with Crippen molar-refractivity contribution in [2.24, 2.45) is 0 Å². The average molecular weight is 350 g/mol. The van der Waals surface area contributed by atoms with Crippen LogP contribution in [0.4, 0.5) is 0 Å². The first-order chi connectivity index (χ1) is 9.54. The summed E-state index contributed by atoms with van der Waals surface area (Å²) in [4.78, 5) is 12.5. The predicted octanol–water partition coefficient (Wildman–Crippen LogP) is 5.39. The van der Waals surface area contributed by atoms with Gasteiger partial charge in [-0.05, 0) is 42.8 Å².